The van der Waals surface area contributed by atoms with Crippen molar-refractivity contribution in [2.24, 2.45) is 0 Å². The van der Waals surface area contributed by atoms with Crippen molar-refractivity contribution in [3.8, 4) is 11.8 Å². The number of hydrogen-bond acceptors (Lipinski definition) is 4. The monoisotopic (exact) mass is 456 g/mol. The van der Waals surface area contributed by atoms with Gasteiger partial charge in [-0.3, -0.25) is 4.79 Å². The van der Waals surface area contributed by atoms with Gasteiger partial charge in [-0.1, -0.05) is 11.6 Å². The maximum atomic E-state index is 12.2. The average molecular weight is 457 g/mol. The van der Waals surface area contributed by atoms with Gasteiger partial charge in [-0.25, -0.2) is 0 Å². The molecule has 1 atom stereocenters. The lowest BCUT2D eigenvalue weighted by atomic mass is 10.1. The number of ether oxygens (including phenoxy) is 1. The number of carbonyl (C=O) groups is 1. The fraction of sp³-hybridized carbons (Fsp3) is 0.176. The Bertz CT molecular complexity index is 785. The Labute approximate surface area is 158 Å². The molecule has 7 heteroatoms. The highest BCUT2D eigenvalue weighted by molar-refractivity contribution is 14.1. The zero-order valence-corrected chi connectivity index (χ0v) is 15.6. The molecule has 0 fully saturated rings. The maximum Gasteiger partial charge on any atom is 0.259 e. The van der Waals surface area contributed by atoms with Crippen molar-refractivity contribution in [2.75, 3.05) is 11.9 Å². The van der Waals surface area contributed by atoms with Crippen LogP contribution in [0.5, 0.6) is 5.75 Å². The summed E-state index contributed by atoms with van der Waals surface area (Å²) in [5, 5.41) is 21.9. The smallest absolute Gasteiger partial charge is 0.259 e. The second kappa shape index (κ2) is 7.83. The van der Waals surface area contributed by atoms with Crippen molar-refractivity contribution in [3.63, 3.8) is 0 Å². The number of benzene rings is 2. The van der Waals surface area contributed by atoms with E-state index >= 15 is 0 Å². The average Bonchev–Trinajstić information content (AvgIpc) is 2.54. The van der Waals surface area contributed by atoms with Crippen LogP contribution >= 0.6 is 34.2 Å². The van der Waals surface area contributed by atoms with Crippen LogP contribution in [-0.2, 0) is 4.79 Å². The number of hydrogen-bond donors (Lipinski definition) is 2. The fourth-order valence-electron chi connectivity index (χ4n) is 1.77. The van der Waals surface area contributed by atoms with Crippen LogP contribution in [0.4, 0.5) is 5.69 Å². The predicted molar refractivity (Wildman–Crippen MR) is 100 cm³/mol. The Kier molecular flexibility index (Phi) is 6.04. The molecule has 124 valence electrons. The number of carbonyl (C=O) groups excluding carboxylic acids is 1. The first-order chi connectivity index (χ1) is 11.3. The van der Waals surface area contributed by atoms with E-state index in [2.05, 4.69) is 27.9 Å². The molecule has 2 aromatic rings. The summed E-state index contributed by atoms with van der Waals surface area (Å²) in [5.41, 5.74) is -1.04. The van der Waals surface area contributed by atoms with Gasteiger partial charge in [0.25, 0.3) is 5.91 Å². The molecule has 0 bridgehead atoms. The molecule has 2 rings (SSSR count). The lowest BCUT2D eigenvalue weighted by Crippen LogP contribution is -2.45. The zero-order chi connectivity index (χ0) is 17.7. The van der Waals surface area contributed by atoms with Crippen molar-refractivity contribution in [1.82, 2.24) is 0 Å². The van der Waals surface area contributed by atoms with Crippen molar-refractivity contribution >= 4 is 45.8 Å². The Morgan fingerprint density at radius 3 is 2.62 bits per heavy atom. The number of amides is 1. The van der Waals surface area contributed by atoms with Crippen LogP contribution in [0.2, 0.25) is 5.02 Å². The summed E-state index contributed by atoms with van der Waals surface area (Å²) in [6, 6.07) is 13.7. The van der Waals surface area contributed by atoms with E-state index in [-0.39, 0.29) is 11.6 Å². The van der Waals surface area contributed by atoms with Crippen LogP contribution in [-0.4, -0.2) is 23.2 Å². The second-order valence-corrected chi connectivity index (χ2v) is 6.93. The molecule has 0 radical (unpaired) electrons. The van der Waals surface area contributed by atoms with Crippen LogP contribution in [0.3, 0.4) is 0 Å². The van der Waals surface area contributed by atoms with E-state index in [0.29, 0.717) is 17.0 Å². The van der Waals surface area contributed by atoms with Crippen molar-refractivity contribution < 1.29 is 14.6 Å². The molecule has 0 saturated carbocycles. The molecule has 0 aliphatic rings. The molecule has 0 unspecified atom stereocenters. The lowest BCUT2D eigenvalue weighted by Gasteiger charge is -2.22. The number of nitrogens with one attached hydrogen (secondary N) is 1. The minimum atomic E-state index is -1.73. The van der Waals surface area contributed by atoms with E-state index < -0.39 is 11.5 Å². The number of halogens is 2. The normalized spacial score (nSPS) is 12.8. The maximum absolute atomic E-state index is 12.2. The van der Waals surface area contributed by atoms with Gasteiger partial charge in [0.2, 0.25) is 0 Å². The van der Waals surface area contributed by atoms with Crippen LogP contribution in [0.1, 0.15) is 12.5 Å². The van der Waals surface area contributed by atoms with E-state index in [1.54, 1.807) is 18.2 Å². The van der Waals surface area contributed by atoms with Crippen LogP contribution in [0, 0.1) is 14.9 Å². The summed E-state index contributed by atoms with van der Waals surface area (Å²) in [7, 11) is 0. The topological polar surface area (TPSA) is 82.3 Å². The molecular weight excluding hydrogens is 443 g/mol. The third kappa shape index (κ3) is 4.84. The minimum absolute atomic E-state index is 0.205. The van der Waals surface area contributed by atoms with Crippen molar-refractivity contribution in [3.05, 3.63) is 56.6 Å². The lowest BCUT2D eigenvalue weighted by molar-refractivity contribution is -0.135. The zero-order valence-electron chi connectivity index (χ0n) is 12.7. The van der Waals surface area contributed by atoms with Gasteiger partial charge < -0.3 is 15.2 Å². The van der Waals surface area contributed by atoms with Crippen LogP contribution < -0.4 is 10.1 Å². The highest BCUT2D eigenvalue weighted by atomic mass is 127. The van der Waals surface area contributed by atoms with E-state index in [1.165, 1.54) is 19.1 Å². The van der Waals surface area contributed by atoms with Gasteiger partial charge >= 0.3 is 0 Å². The van der Waals surface area contributed by atoms with Gasteiger partial charge in [-0.15, -0.1) is 0 Å². The first-order valence-corrected chi connectivity index (χ1v) is 8.39. The molecule has 2 aromatic carbocycles. The number of anilines is 1. The van der Waals surface area contributed by atoms with Crippen LogP contribution in [0.25, 0.3) is 0 Å². The van der Waals surface area contributed by atoms with E-state index in [9.17, 15) is 9.90 Å². The number of rotatable bonds is 5. The first-order valence-electron chi connectivity index (χ1n) is 6.94. The largest absolute Gasteiger partial charge is 0.490 e. The molecule has 0 aliphatic heterocycles. The highest BCUT2D eigenvalue weighted by Gasteiger charge is 2.31. The number of aliphatic hydroxyl groups is 1. The first kappa shape index (κ1) is 18.5. The Morgan fingerprint density at radius 1 is 1.38 bits per heavy atom. The fourth-order valence-corrected chi connectivity index (χ4v) is 2.35. The number of nitrogens with zero attached hydrogens (tertiary/aromatic N) is 1. The molecule has 0 spiro atoms. The SMILES string of the molecule is C[C@](O)(COc1ccc(I)cc1)C(=O)Nc1ccc(C#N)c(Cl)c1. The Morgan fingerprint density at radius 2 is 2.04 bits per heavy atom. The van der Waals surface area contributed by atoms with Gasteiger partial charge in [-0.2, -0.15) is 5.26 Å². The van der Waals surface area contributed by atoms with Gasteiger partial charge in [-0.05, 0) is 72.0 Å². The van der Waals surface area contributed by atoms with E-state index in [1.807, 2.05) is 18.2 Å². The van der Waals surface area contributed by atoms with Gasteiger partial charge in [0.1, 0.15) is 18.4 Å². The van der Waals surface area contributed by atoms with E-state index in [4.69, 9.17) is 21.6 Å². The second-order valence-electron chi connectivity index (χ2n) is 5.28. The quantitative estimate of drug-likeness (QED) is 0.674. The molecule has 24 heavy (non-hydrogen) atoms. The molecule has 0 saturated heterocycles. The molecule has 0 aromatic heterocycles. The molecular formula is C17H14ClIN2O3. The van der Waals surface area contributed by atoms with Crippen molar-refractivity contribution in [1.29, 1.82) is 5.26 Å². The van der Waals surface area contributed by atoms with Gasteiger partial charge in [0.05, 0.1) is 10.6 Å². The summed E-state index contributed by atoms with van der Waals surface area (Å²) < 4.78 is 6.52. The summed E-state index contributed by atoms with van der Waals surface area (Å²) in [5.74, 6) is -0.0707. The predicted octanol–water partition coefficient (Wildman–Crippen LogP) is 3.58. The summed E-state index contributed by atoms with van der Waals surface area (Å²) >= 11 is 8.09. The number of nitriles is 1. The van der Waals surface area contributed by atoms with E-state index in [0.717, 1.165) is 3.57 Å². The summed E-state index contributed by atoms with van der Waals surface area (Å²) in [4.78, 5) is 12.2. The van der Waals surface area contributed by atoms with Crippen molar-refractivity contribution in [2.45, 2.75) is 12.5 Å². The molecule has 0 heterocycles. The minimum Gasteiger partial charge on any atom is -0.490 e. The third-order valence-corrected chi connectivity index (χ3v) is 4.20. The van der Waals surface area contributed by atoms with Gasteiger partial charge in [0.15, 0.2) is 5.60 Å². The Hall–Kier alpha value is -1.82. The van der Waals surface area contributed by atoms with Gasteiger partial charge in [0, 0.05) is 9.26 Å². The molecule has 2 N–H and O–H groups in total. The van der Waals surface area contributed by atoms with Crippen LogP contribution in [0.15, 0.2) is 42.5 Å². The summed E-state index contributed by atoms with van der Waals surface area (Å²) in [6.07, 6.45) is 0. The molecule has 5 nitrogen and oxygen atoms in total. The molecule has 0 aliphatic carbocycles. The molecule has 1 amide bonds. The highest BCUT2D eigenvalue weighted by Crippen LogP contribution is 2.21. The standard InChI is InChI=1S/C17H14ClIN2O3/c1-17(23,10-24-14-6-3-12(19)4-7-14)16(22)21-13-5-2-11(9-20)15(18)8-13/h2-8,23H,10H2,1H3,(H,21,22)/t17-/m0/s1. The third-order valence-electron chi connectivity index (χ3n) is 3.17. The summed E-state index contributed by atoms with van der Waals surface area (Å²) in [6.45, 7) is 1.16. The Balaban J connectivity index is 2.00.